The molecule has 0 atom stereocenters. The lowest BCUT2D eigenvalue weighted by atomic mass is 10.1. The molecule has 4 nitrogen and oxygen atoms in total. The van der Waals surface area contributed by atoms with E-state index in [2.05, 4.69) is 52.3 Å². The first-order valence-corrected chi connectivity index (χ1v) is 6.59. The Hall–Kier alpha value is -2.62. The van der Waals surface area contributed by atoms with E-state index in [9.17, 15) is 0 Å². The number of benzene rings is 1. The SMILES string of the molecule is Cc1cccc(-c2cc3c(ncc4cnn(C)c43)[nH]2)c1. The molecule has 20 heavy (non-hydrogen) atoms. The maximum absolute atomic E-state index is 4.48. The second-order valence-electron chi connectivity index (χ2n) is 5.15. The summed E-state index contributed by atoms with van der Waals surface area (Å²) in [7, 11) is 1.96. The molecule has 1 aromatic carbocycles. The smallest absolute Gasteiger partial charge is 0.139 e. The van der Waals surface area contributed by atoms with Crippen molar-refractivity contribution < 1.29 is 0 Å². The Morgan fingerprint density at radius 2 is 2.05 bits per heavy atom. The van der Waals surface area contributed by atoms with Gasteiger partial charge in [-0.1, -0.05) is 23.8 Å². The second-order valence-corrected chi connectivity index (χ2v) is 5.15. The molecule has 0 spiro atoms. The maximum Gasteiger partial charge on any atom is 0.139 e. The third kappa shape index (κ3) is 1.54. The number of aryl methyl sites for hydroxylation is 2. The van der Waals surface area contributed by atoms with Gasteiger partial charge in [0.15, 0.2) is 0 Å². The molecule has 1 N–H and O–H groups in total. The lowest BCUT2D eigenvalue weighted by molar-refractivity contribution is 0.799. The van der Waals surface area contributed by atoms with E-state index in [1.165, 1.54) is 11.1 Å². The largest absolute Gasteiger partial charge is 0.339 e. The summed E-state index contributed by atoms with van der Waals surface area (Å²) in [4.78, 5) is 7.88. The molecule has 0 bridgehead atoms. The van der Waals surface area contributed by atoms with E-state index >= 15 is 0 Å². The predicted molar refractivity (Wildman–Crippen MR) is 80.5 cm³/mol. The van der Waals surface area contributed by atoms with Crippen LogP contribution >= 0.6 is 0 Å². The summed E-state index contributed by atoms with van der Waals surface area (Å²) in [6, 6.07) is 10.6. The molecule has 3 aromatic heterocycles. The van der Waals surface area contributed by atoms with E-state index < -0.39 is 0 Å². The molecule has 4 rings (SSSR count). The highest BCUT2D eigenvalue weighted by atomic mass is 15.2. The van der Waals surface area contributed by atoms with E-state index in [1.807, 2.05) is 24.1 Å². The number of aromatic amines is 1. The zero-order valence-electron chi connectivity index (χ0n) is 11.4. The molecule has 4 aromatic rings. The standard InChI is InChI=1S/C16H14N4/c1-10-4-3-5-11(6-10)14-7-13-15-12(9-18-20(15)2)8-17-16(13)19-14/h3-9H,1-2H3,(H,17,19). The van der Waals surface area contributed by atoms with Crippen LogP contribution in [-0.4, -0.2) is 19.7 Å². The number of hydrogen-bond acceptors (Lipinski definition) is 2. The van der Waals surface area contributed by atoms with E-state index in [4.69, 9.17) is 0 Å². The first-order valence-electron chi connectivity index (χ1n) is 6.59. The van der Waals surface area contributed by atoms with Crippen molar-refractivity contribution in [3.8, 4) is 11.3 Å². The summed E-state index contributed by atoms with van der Waals surface area (Å²) in [5, 5.41) is 6.48. The molecule has 0 fully saturated rings. The molecular weight excluding hydrogens is 248 g/mol. The van der Waals surface area contributed by atoms with Crippen LogP contribution in [0.1, 0.15) is 5.56 Å². The zero-order chi connectivity index (χ0) is 13.7. The average Bonchev–Trinajstić information content (AvgIpc) is 3.02. The van der Waals surface area contributed by atoms with Gasteiger partial charge >= 0.3 is 0 Å². The number of pyridine rings is 1. The first-order chi connectivity index (χ1) is 9.72. The predicted octanol–water partition coefficient (Wildman–Crippen LogP) is 3.43. The minimum absolute atomic E-state index is 0.901. The van der Waals surface area contributed by atoms with E-state index in [0.29, 0.717) is 0 Å². The van der Waals surface area contributed by atoms with Crippen molar-refractivity contribution in [3.63, 3.8) is 0 Å². The van der Waals surface area contributed by atoms with Crippen molar-refractivity contribution in [1.29, 1.82) is 0 Å². The van der Waals surface area contributed by atoms with Crippen molar-refractivity contribution in [2.24, 2.45) is 7.05 Å². The van der Waals surface area contributed by atoms with Gasteiger partial charge in [-0.3, -0.25) is 4.68 Å². The van der Waals surface area contributed by atoms with Crippen LogP contribution in [0.3, 0.4) is 0 Å². The highest BCUT2D eigenvalue weighted by Gasteiger charge is 2.10. The number of nitrogens with zero attached hydrogens (tertiary/aromatic N) is 3. The Labute approximate surface area is 116 Å². The van der Waals surface area contributed by atoms with Gasteiger partial charge in [-0.05, 0) is 24.6 Å². The molecule has 98 valence electrons. The Kier molecular flexibility index (Phi) is 2.21. The van der Waals surface area contributed by atoms with Crippen LogP contribution in [0.25, 0.3) is 33.2 Å². The molecular formula is C16H14N4. The Morgan fingerprint density at radius 1 is 1.15 bits per heavy atom. The van der Waals surface area contributed by atoms with Gasteiger partial charge in [0.25, 0.3) is 0 Å². The van der Waals surface area contributed by atoms with Gasteiger partial charge in [0.2, 0.25) is 0 Å². The summed E-state index contributed by atoms with van der Waals surface area (Å²) >= 11 is 0. The molecule has 0 aliphatic carbocycles. The van der Waals surface area contributed by atoms with Gasteiger partial charge in [0.05, 0.1) is 11.7 Å². The molecule has 0 saturated carbocycles. The van der Waals surface area contributed by atoms with Crippen LogP contribution in [-0.2, 0) is 7.05 Å². The van der Waals surface area contributed by atoms with E-state index in [0.717, 1.165) is 27.6 Å². The van der Waals surface area contributed by atoms with Gasteiger partial charge in [0.1, 0.15) is 5.65 Å². The molecule has 0 saturated heterocycles. The van der Waals surface area contributed by atoms with Gasteiger partial charge in [-0.15, -0.1) is 0 Å². The summed E-state index contributed by atoms with van der Waals surface area (Å²) < 4.78 is 1.90. The Bertz CT molecular complexity index is 930. The van der Waals surface area contributed by atoms with Crippen LogP contribution in [0, 0.1) is 6.92 Å². The van der Waals surface area contributed by atoms with Crippen LogP contribution in [0.2, 0.25) is 0 Å². The van der Waals surface area contributed by atoms with Crippen molar-refractivity contribution in [3.05, 3.63) is 48.3 Å². The van der Waals surface area contributed by atoms with Gasteiger partial charge in [-0.25, -0.2) is 4.98 Å². The quantitative estimate of drug-likeness (QED) is 0.571. The summed E-state index contributed by atoms with van der Waals surface area (Å²) in [5.74, 6) is 0. The fraction of sp³-hybridized carbons (Fsp3) is 0.125. The minimum Gasteiger partial charge on any atom is -0.339 e. The van der Waals surface area contributed by atoms with E-state index in [1.54, 1.807) is 0 Å². The first kappa shape index (κ1) is 11.2. The molecule has 0 aliphatic heterocycles. The number of nitrogens with one attached hydrogen (secondary N) is 1. The molecule has 0 aliphatic rings. The van der Waals surface area contributed by atoms with Crippen LogP contribution in [0.4, 0.5) is 0 Å². The lowest BCUT2D eigenvalue weighted by Gasteiger charge is -1.98. The highest BCUT2D eigenvalue weighted by Crippen LogP contribution is 2.28. The Balaban J connectivity index is 2.03. The maximum atomic E-state index is 4.48. The summed E-state index contributed by atoms with van der Waals surface area (Å²) in [5.41, 5.74) is 5.53. The topological polar surface area (TPSA) is 46.5 Å². The molecule has 0 radical (unpaired) electrons. The number of H-pyrrole nitrogens is 1. The number of aromatic nitrogens is 4. The number of hydrogen-bond donors (Lipinski definition) is 1. The van der Waals surface area contributed by atoms with E-state index in [-0.39, 0.29) is 0 Å². The van der Waals surface area contributed by atoms with Crippen molar-refractivity contribution in [2.45, 2.75) is 6.92 Å². The minimum atomic E-state index is 0.901. The zero-order valence-corrected chi connectivity index (χ0v) is 11.4. The third-order valence-corrected chi connectivity index (χ3v) is 3.68. The molecule has 0 unspecified atom stereocenters. The van der Waals surface area contributed by atoms with Gasteiger partial charge < -0.3 is 4.98 Å². The molecule has 0 amide bonds. The van der Waals surface area contributed by atoms with Crippen LogP contribution in [0.5, 0.6) is 0 Å². The van der Waals surface area contributed by atoms with Crippen LogP contribution in [0.15, 0.2) is 42.7 Å². The normalized spacial score (nSPS) is 11.5. The fourth-order valence-corrected chi connectivity index (χ4v) is 2.71. The number of fused-ring (bicyclic) bond motifs is 3. The Morgan fingerprint density at radius 3 is 2.90 bits per heavy atom. The summed E-state index contributed by atoms with van der Waals surface area (Å²) in [6.07, 6.45) is 3.71. The average molecular weight is 262 g/mol. The van der Waals surface area contributed by atoms with Crippen molar-refractivity contribution >= 4 is 21.9 Å². The third-order valence-electron chi connectivity index (χ3n) is 3.68. The van der Waals surface area contributed by atoms with Crippen molar-refractivity contribution in [2.75, 3.05) is 0 Å². The lowest BCUT2D eigenvalue weighted by Crippen LogP contribution is -1.89. The monoisotopic (exact) mass is 262 g/mol. The molecule has 3 heterocycles. The second kappa shape index (κ2) is 3.93. The van der Waals surface area contributed by atoms with Gasteiger partial charge in [-0.2, -0.15) is 5.10 Å². The fourth-order valence-electron chi connectivity index (χ4n) is 2.71. The molecule has 4 heteroatoms. The summed E-state index contributed by atoms with van der Waals surface area (Å²) in [6.45, 7) is 2.10. The number of rotatable bonds is 1. The van der Waals surface area contributed by atoms with Gasteiger partial charge in [0, 0.05) is 29.7 Å². The van der Waals surface area contributed by atoms with Crippen molar-refractivity contribution in [1.82, 2.24) is 19.7 Å². The van der Waals surface area contributed by atoms with Crippen LogP contribution < -0.4 is 0 Å². The highest BCUT2D eigenvalue weighted by molar-refractivity contribution is 6.04.